The first kappa shape index (κ1) is 14.7. The van der Waals surface area contributed by atoms with Crippen LogP contribution in [0.1, 0.15) is 38.8 Å². The lowest BCUT2D eigenvalue weighted by Crippen LogP contribution is -2.34. The molecule has 0 saturated heterocycles. The van der Waals surface area contributed by atoms with Crippen LogP contribution in [0.25, 0.3) is 0 Å². The molecule has 0 aliphatic heterocycles. The molecule has 3 nitrogen and oxygen atoms in total. The molecule has 1 aromatic rings. The van der Waals surface area contributed by atoms with Gasteiger partial charge in [0.2, 0.25) is 0 Å². The second kappa shape index (κ2) is 6.01. The Balaban J connectivity index is 2.47. The van der Waals surface area contributed by atoms with Crippen molar-refractivity contribution in [1.82, 2.24) is 5.32 Å². The van der Waals surface area contributed by atoms with Gasteiger partial charge in [0.15, 0.2) is 0 Å². The Labute approximate surface area is 109 Å². The van der Waals surface area contributed by atoms with Gasteiger partial charge in [-0.2, -0.15) is 0 Å². The van der Waals surface area contributed by atoms with Crippen molar-refractivity contribution in [2.75, 3.05) is 6.54 Å². The van der Waals surface area contributed by atoms with Crippen molar-refractivity contribution in [2.45, 2.75) is 45.6 Å². The van der Waals surface area contributed by atoms with Crippen LogP contribution < -0.4 is 5.32 Å². The number of hydrogen-bond donors (Lipinski definition) is 2. The van der Waals surface area contributed by atoms with Crippen molar-refractivity contribution in [3.05, 3.63) is 35.4 Å². The van der Waals surface area contributed by atoms with E-state index in [9.17, 15) is 4.79 Å². The summed E-state index contributed by atoms with van der Waals surface area (Å²) in [6, 6.07) is 8.05. The number of carboxylic acid groups (broad SMARTS) is 1. The van der Waals surface area contributed by atoms with Gasteiger partial charge < -0.3 is 10.4 Å². The summed E-state index contributed by atoms with van der Waals surface area (Å²) in [5.74, 6) is -0.807. The van der Waals surface area contributed by atoms with Crippen LogP contribution in [0.4, 0.5) is 0 Å². The summed E-state index contributed by atoms with van der Waals surface area (Å²) in [7, 11) is 0. The zero-order chi connectivity index (χ0) is 13.8. The van der Waals surface area contributed by atoms with Crippen molar-refractivity contribution in [3.63, 3.8) is 0 Å². The van der Waals surface area contributed by atoms with E-state index in [1.165, 1.54) is 11.1 Å². The smallest absolute Gasteiger partial charge is 0.320 e. The summed E-state index contributed by atoms with van der Waals surface area (Å²) in [5, 5.41) is 11.7. The number of nitrogens with one attached hydrogen (secondary N) is 1. The summed E-state index contributed by atoms with van der Waals surface area (Å²) < 4.78 is 0. The molecule has 100 valence electrons. The minimum Gasteiger partial charge on any atom is -0.480 e. The molecule has 0 aliphatic carbocycles. The third-order valence-corrected chi connectivity index (χ3v) is 3.05. The highest BCUT2D eigenvalue weighted by molar-refractivity contribution is 5.72. The first-order chi connectivity index (χ1) is 8.30. The summed E-state index contributed by atoms with van der Waals surface area (Å²) in [4.78, 5) is 10.6. The predicted octanol–water partition coefficient (Wildman–Crippen LogP) is 2.59. The molecule has 1 aromatic carbocycles. The van der Waals surface area contributed by atoms with E-state index in [1.54, 1.807) is 6.92 Å². The zero-order valence-corrected chi connectivity index (χ0v) is 11.7. The maximum atomic E-state index is 10.6. The molecule has 3 heteroatoms. The normalized spacial score (nSPS) is 13.3. The van der Waals surface area contributed by atoms with E-state index in [4.69, 9.17) is 5.11 Å². The highest BCUT2D eigenvalue weighted by Crippen LogP contribution is 2.22. The Hall–Kier alpha value is -1.35. The summed E-state index contributed by atoms with van der Waals surface area (Å²) in [5.41, 5.74) is 2.72. The van der Waals surface area contributed by atoms with Gasteiger partial charge in [-0.05, 0) is 36.4 Å². The second-order valence-electron chi connectivity index (χ2n) is 5.71. The molecule has 0 spiro atoms. The van der Waals surface area contributed by atoms with Crippen molar-refractivity contribution in [2.24, 2.45) is 0 Å². The average Bonchev–Trinajstić information content (AvgIpc) is 2.28. The van der Waals surface area contributed by atoms with Gasteiger partial charge in [-0.15, -0.1) is 0 Å². The highest BCUT2D eigenvalue weighted by atomic mass is 16.4. The van der Waals surface area contributed by atoms with Crippen LogP contribution in [0.3, 0.4) is 0 Å². The summed E-state index contributed by atoms with van der Waals surface area (Å²) in [6.45, 7) is 8.92. The van der Waals surface area contributed by atoms with E-state index >= 15 is 0 Å². The number of carbonyl (C=O) groups is 1. The molecule has 0 radical (unpaired) electrons. The molecule has 1 unspecified atom stereocenters. The highest BCUT2D eigenvalue weighted by Gasteiger charge is 2.13. The predicted molar refractivity (Wildman–Crippen MR) is 73.9 cm³/mol. The topological polar surface area (TPSA) is 49.3 Å². The average molecular weight is 249 g/mol. The van der Waals surface area contributed by atoms with Gasteiger partial charge in [-0.3, -0.25) is 4.79 Å². The van der Waals surface area contributed by atoms with Crippen molar-refractivity contribution in [3.8, 4) is 0 Å². The van der Waals surface area contributed by atoms with Gasteiger partial charge in [0.05, 0.1) is 0 Å². The fourth-order valence-corrected chi connectivity index (χ4v) is 1.69. The van der Waals surface area contributed by atoms with E-state index in [0.717, 1.165) is 6.42 Å². The Morgan fingerprint density at radius 1 is 1.28 bits per heavy atom. The largest absolute Gasteiger partial charge is 0.480 e. The lowest BCUT2D eigenvalue weighted by molar-refractivity contribution is -0.138. The van der Waals surface area contributed by atoms with E-state index in [2.05, 4.69) is 50.4 Å². The summed E-state index contributed by atoms with van der Waals surface area (Å²) in [6.07, 6.45) is 0.849. The Kier molecular flexibility index (Phi) is 4.91. The lowest BCUT2D eigenvalue weighted by Gasteiger charge is -2.19. The Morgan fingerprint density at radius 2 is 1.83 bits per heavy atom. The molecule has 0 amide bonds. The minimum atomic E-state index is -0.807. The molecule has 0 aliphatic rings. The Bertz CT molecular complexity index is 390. The van der Waals surface area contributed by atoms with Crippen molar-refractivity contribution < 1.29 is 9.90 Å². The lowest BCUT2D eigenvalue weighted by atomic mass is 9.86. The number of hydrogen-bond acceptors (Lipinski definition) is 2. The van der Waals surface area contributed by atoms with Gasteiger partial charge in [-0.25, -0.2) is 0 Å². The first-order valence-corrected chi connectivity index (χ1v) is 6.36. The minimum absolute atomic E-state index is 0.175. The molecule has 2 N–H and O–H groups in total. The molecular formula is C15H23NO2. The maximum Gasteiger partial charge on any atom is 0.320 e. The SMILES string of the molecule is CC(NCCc1ccc(C(C)(C)C)cc1)C(=O)O. The van der Waals surface area contributed by atoms with Crippen LogP contribution in [0.2, 0.25) is 0 Å². The van der Waals surface area contributed by atoms with Gasteiger partial charge in [0.25, 0.3) is 0 Å². The van der Waals surface area contributed by atoms with Crippen LogP contribution in [0.5, 0.6) is 0 Å². The Morgan fingerprint density at radius 3 is 2.28 bits per heavy atom. The molecular weight excluding hydrogens is 226 g/mol. The molecule has 0 bridgehead atoms. The van der Waals surface area contributed by atoms with Crippen LogP contribution in [-0.4, -0.2) is 23.7 Å². The third kappa shape index (κ3) is 4.49. The molecule has 0 saturated carbocycles. The van der Waals surface area contributed by atoms with E-state index in [-0.39, 0.29) is 5.41 Å². The van der Waals surface area contributed by atoms with Crippen LogP contribution in [0, 0.1) is 0 Å². The second-order valence-corrected chi connectivity index (χ2v) is 5.71. The van der Waals surface area contributed by atoms with E-state index < -0.39 is 12.0 Å². The van der Waals surface area contributed by atoms with Gasteiger partial charge in [0, 0.05) is 0 Å². The molecule has 0 heterocycles. The maximum absolute atomic E-state index is 10.6. The van der Waals surface area contributed by atoms with Gasteiger partial charge >= 0.3 is 5.97 Å². The van der Waals surface area contributed by atoms with E-state index in [1.807, 2.05) is 0 Å². The standard InChI is InChI=1S/C15H23NO2/c1-11(14(17)18)16-10-9-12-5-7-13(8-6-12)15(2,3)4/h5-8,11,16H,9-10H2,1-4H3,(H,17,18). The van der Waals surface area contributed by atoms with Gasteiger partial charge in [0.1, 0.15) is 6.04 Å². The van der Waals surface area contributed by atoms with Gasteiger partial charge in [-0.1, -0.05) is 45.0 Å². The fraction of sp³-hybridized carbons (Fsp3) is 0.533. The third-order valence-electron chi connectivity index (χ3n) is 3.05. The van der Waals surface area contributed by atoms with Crippen molar-refractivity contribution >= 4 is 5.97 Å². The van der Waals surface area contributed by atoms with Crippen LogP contribution in [-0.2, 0) is 16.6 Å². The number of aliphatic carboxylic acids is 1. The van der Waals surface area contributed by atoms with Crippen molar-refractivity contribution in [1.29, 1.82) is 0 Å². The van der Waals surface area contributed by atoms with E-state index in [0.29, 0.717) is 6.54 Å². The summed E-state index contributed by atoms with van der Waals surface area (Å²) >= 11 is 0. The first-order valence-electron chi connectivity index (χ1n) is 6.36. The molecule has 0 aromatic heterocycles. The van der Waals surface area contributed by atoms with Crippen LogP contribution >= 0.6 is 0 Å². The monoisotopic (exact) mass is 249 g/mol. The quantitative estimate of drug-likeness (QED) is 0.843. The number of benzene rings is 1. The molecule has 18 heavy (non-hydrogen) atoms. The number of carboxylic acids is 1. The molecule has 1 rings (SSSR count). The zero-order valence-electron chi connectivity index (χ0n) is 11.7. The van der Waals surface area contributed by atoms with Crippen LogP contribution in [0.15, 0.2) is 24.3 Å². The fourth-order valence-electron chi connectivity index (χ4n) is 1.69. The number of rotatable bonds is 5. The molecule has 0 fully saturated rings. The molecule has 1 atom stereocenters.